The summed E-state index contributed by atoms with van der Waals surface area (Å²) in [6.45, 7) is 1.93. The van der Waals surface area contributed by atoms with Gasteiger partial charge in [-0.25, -0.2) is 0 Å². The zero-order valence-corrected chi connectivity index (χ0v) is 6.68. The smallest absolute Gasteiger partial charge is 0.107 e. The van der Waals surface area contributed by atoms with Crippen molar-refractivity contribution in [2.75, 3.05) is 0 Å². The number of aromatic nitrogens is 4. The predicted molar refractivity (Wildman–Crippen MR) is 43.9 cm³/mol. The van der Waals surface area contributed by atoms with Crippen LogP contribution in [0, 0.1) is 6.92 Å². The van der Waals surface area contributed by atoms with E-state index >= 15 is 0 Å². The Morgan fingerprint density at radius 1 is 1.17 bits per heavy atom. The normalized spacial score (nSPS) is 10.1. The minimum atomic E-state index is 0.919. The molecule has 0 aliphatic heterocycles. The van der Waals surface area contributed by atoms with Crippen LogP contribution in [0.3, 0.4) is 0 Å². The van der Waals surface area contributed by atoms with Crippen LogP contribution >= 0.6 is 0 Å². The molecular formula is C8H8N4. The van der Waals surface area contributed by atoms with Crippen LogP contribution < -0.4 is 0 Å². The molecule has 0 amide bonds. The molecule has 2 rings (SSSR count). The number of hydrogen-bond donors (Lipinski definition) is 0. The van der Waals surface area contributed by atoms with Gasteiger partial charge in [0.25, 0.3) is 0 Å². The van der Waals surface area contributed by atoms with E-state index in [0.717, 1.165) is 11.4 Å². The van der Waals surface area contributed by atoms with Crippen molar-refractivity contribution in [3.05, 3.63) is 36.4 Å². The number of hydrogen-bond acceptors (Lipinski definition) is 3. The highest BCUT2D eigenvalue weighted by Crippen LogP contribution is 2.06. The Bertz CT molecular complexity index is 366. The van der Waals surface area contributed by atoms with E-state index in [9.17, 15) is 0 Å². The van der Waals surface area contributed by atoms with Crippen molar-refractivity contribution >= 4 is 0 Å². The van der Waals surface area contributed by atoms with Gasteiger partial charge in [0.2, 0.25) is 0 Å². The topological polar surface area (TPSA) is 43.6 Å². The second kappa shape index (κ2) is 2.73. The molecule has 0 aromatic carbocycles. The lowest BCUT2D eigenvalue weighted by Gasteiger charge is -2.00. The van der Waals surface area contributed by atoms with Gasteiger partial charge >= 0.3 is 0 Å². The monoisotopic (exact) mass is 160 g/mol. The van der Waals surface area contributed by atoms with Crippen LogP contribution in [0.25, 0.3) is 5.69 Å². The molecule has 0 fully saturated rings. The van der Waals surface area contributed by atoms with Crippen LogP contribution in [0.15, 0.2) is 30.7 Å². The average molecular weight is 160 g/mol. The van der Waals surface area contributed by atoms with Crippen molar-refractivity contribution in [1.82, 2.24) is 20.0 Å². The van der Waals surface area contributed by atoms with Crippen LogP contribution in [0.4, 0.5) is 0 Å². The summed E-state index contributed by atoms with van der Waals surface area (Å²) in [5.41, 5.74) is 1.84. The molecule has 0 aliphatic rings. The molecule has 2 aromatic rings. The maximum atomic E-state index is 4.13. The molecule has 0 N–H and O–H groups in total. The van der Waals surface area contributed by atoms with Gasteiger partial charge in [0.05, 0.1) is 18.1 Å². The van der Waals surface area contributed by atoms with Crippen LogP contribution in [0.1, 0.15) is 5.69 Å². The van der Waals surface area contributed by atoms with E-state index in [2.05, 4.69) is 15.2 Å². The molecule has 2 aromatic heterocycles. The summed E-state index contributed by atoms with van der Waals surface area (Å²) in [5.74, 6) is 0. The summed E-state index contributed by atoms with van der Waals surface area (Å²) < 4.78 is 0. The summed E-state index contributed by atoms with van der Waals surface area (Å²) in [5, 5.41) is 8.03. The third-order valence-electron chi connectivity index (χ3n) is 1.61. The van der Waals surface area contributed by atoms with Gasteiger partial charge in [-0.3, -0.25) is 4.98 Å². The second-order valence-electron chi connectivity index (χ2n) is 2.43. The highest BCUT2D eigenvalue weighted by atomic mass is 15.5. The third-order valence-corrected chi connectivity index (χ3v) is 1.61. The van der Waals surface area contributed by atoms with E-state index in [0.29, 0.717) is 0 Å². The van der Waals surface area contributed by atoms with Gasteiger partial charge in [-0.15, -0.1) is 4.80 Å². The Kier molecular flexibility index (Phi) is 1.59. The van der Waals surface area contributed by atoms with E-state index in [1.807, 2.05) is 19.1 Å². The lowest BCUT2D eigenvalue weighted by molar-refractivity contribution is 0.741. The summed E-state index contributed by atoms with van der Waals surface area (Å²) in [7, 11) is 0. The molecule has 0 atom stereocenters. The molecule has 0 unspecified atom stereocenters. The fourth-order valence-electron chi connectivity index (χ4n) is 1.03. The zero-order valence-electron chi connectivity index (χ0n) is 6.68. The van der Waals surface area contributed by atoms with Gasteiger partial charge < -0.3 is 0 Å². The predicted octanol–water partition coefficient (Wildman–Crippen LogP) is 0.971. The number of aryl methyl sites for hydroxylation is 1. The summed E-state index contributed by atoms with van der Waals surface area (Å²) >= 11 is 0. The second-order valence-corrected chi connectivity index (χ2v) is 2.43. The van der Waals surface area contributed by atoms with Crippen LogP contribution in [0.2, 0.25) is 0 Å². The zero-order chi connectivity index (χ0) is 8.39. The number of pyridine rings is 1. The Balaban J connectivity index is 2.55. The summed E-state index contributed by atoms with van der Waals surface area (Å²) in [6.07, 6.45) is 5.04. The average Bonchev–Trinajstić information content (AvgIpc) is 2.57. The van der Waals surface area contributed by atoms with Crippen molar-refractivity contribution in [2.24, 2.45) is 0 Å². The first-order valence-corrected chi connectivity index (χ1v) is 3.66. The molecule has 0 spiro atoms. The van der Waals surface area contributed by atoms with Crippen LogP contribution in [0.5, 0.6) is 0 Å². The molecule has 4 nitrogen and oxygen atoms in total. The minimum absolute atomic E-state index is 0.919. The van der Waals surface area contributed by atoms with Crippen molar-refractivity contribution < 1.29 is 0 Å². The third kappa shape index (κ3) is 1.07. The van der Waals surface area contributed by atoms with Crippen molar-refractivity contribution in [1.29, 1.82) is 0 Å². The molecule has 0 aliphatic carbocycles. The molecule has 60 valence electrons. The quantitative estimate of drug-likeness (QED) is 0.624. The molecule has 2 heterocycles. The van der Waals surface area contributed by atoms with Gasteiger partial charge in [0.1, 0.15) is 5.69 Å². The van der Waals surface area contributed by atoms with Crippen molar-refractivity contribution in [3.63, 3.8) is 0 Å². The van der Waals surface area contributed by atoms with Gasteiger partial charge in [-0.05, 0) is 19.1 Å². The molecular weight excluding hydrogens is 152 g/mol. The first kappa shape index (κ1) is 6.97. The Labute approximate surface area is 69.9 Å². The van der Waals surface area contributed by atoms with E-state index < -0.39 is 0 Å². The fourth-order valence-corrected chi connectivity index (χ4v) is 1.03. The first-order valence-electron chi connectivity index (χ1n) is 3.66. The number of nitrogens with zero attached hydrogens (tertiary/aromatic N) is 4. The number of rotatable bonds is 1. The molecule has 0 radical (unpaired) electrons. The molecule has 4 heteroatoms. The van der Waals surface area contributed by atoms with Gasteiger partial charge in [-0.1, -0.05) is 0 Å². The van der Waals surface area contributed by atoms with E-state index in [4.69, 9.17) is 0 Å². The molecule has 0 saturated heterocycles. The van der Waals surface area contributed by atoms with Gasteiger partial charge in [-0.2, -0.15) is 10.2 Å². The van der Waals surface area contributed by atoms with Gasteiger partial charge in [0, 0.05) is 6.20 Å². The van der Waals surface area contributed by atoms with E-state index in [-0.39, 0.29) is 0 Å². The molecule has 0 saturated carbocycles. The minimum Gasteiger partial charge on any atom is -0.259 e. The Hall–Kier alpha value is -1.71. The van der Waals surface area contributed by atoms with Crippen LogP contribution in [-0.2, 0) is 0 Å². The van der Waals surface area contributed by atoms with Crippen molar-refractivity contribution in [3.8, 4) is 5.69 Å². The van der Waals surface area contributed by atoms with E-state index in [1.54, 1.807) is 23.4 Å². The van der Waals surface area contributed by atoms with Crippen LogP contribution in [-0.4, -0.2) is 20.0 Å². The highest BCUT2D eigenvalue weighted by molar-refractivity contribution is 5.32. The largest absolute Gasteiger partial charge is 0.259 e. The van der Waals surface area contributed by atoms with Crippen molar-refractivity contribution in [2.45, 2.75) is 6.92 Å². The Morgan fingerprint density at radius 2 is 1.92 bits per heavy atom. The maximum Gasteiger partial charge on any atom is 0.107 e. The Morgan fingerprint density at radius 3 is 2.58 bits per heavy atom. The lowest BCUT2D eigenvalue weighted by Crippen LogP contribution is -2.01. The summed E-state index contributed by atoms with van der Waals surface area (Å²) in [4.78, 5) is 5.69. The highest BCUT2D eigenvalue weighted by Gasteiger charge is 2.00. The SMILES string of the molecule is Cc1ncccc1-n1nccn1. The van der Waals surface area contributed by atoms with Gasteiger partial charge in [0.15, 0.2) is 0 Å². The maximum absolute atomic E-state index is 4.13. The summed E-state index contributed by atoms with van der Waals surface area (Å²) in [6, 6.07) is 3.80. The molecule has 0 bridgehead atoms. The standard InChI is InChI=1S/C8H8N4/c1-7-8(3-2-4-9-7)12-10-5-6-11-12/h2-6H,1H3. The van der Waals surface area contributed by atoms with E-state index in [1.165, 1.54) is 0 Å². The fraction of sp³-hybridized carbons (Fsp3) is 0.125. The first-order chi connectivity index (χ1) is 5.88. The molecule has 12 heavy (non-hydrogen) atoms. The lowest BCUT2D eigenvalue weighted by atomic mass is 10.3.